The zero-order chi connectivity index (χ0) is 13.5. The van der Waals surface area contributed by atoms with Gasteiger partial charge < -0.3 is 20.3 Å². The number of phenolic OH excluding ortho intramolecular Hbond substituents is 1. The van der Waals surface area contributed by atoms with Gasteiger partial charge >= 0.3 is 6.09 Å². The number of rotatable bonds is 3. The molecule has 0 saturated heterocycles. The predicted octanol–water partition coefficient (Wildman–Crippen LogP) is 0.832. The fraction of sp³-hybridized carbons (Fsp3) is 0.167. The lowest BCUT2D eigenvalue weighted by atomic mass is 10.1. The predicted molar refractivity (Wildman–Crippen MR) is 63.0 cm³/mol. The van der Waals surface area contributed by atoms with Crippen molar-refractivity contribution in [2.75, 3.05) is 13.7 Å². The topological polar surface area (TPSA) is 95.9 Å². The fourth-order valence-corrected chi connectivity index (χ4v) is 1.24. The summed E-state index contributed by atoms with van der Waals surface area (Å²) < 4.78 is 4.85. The number of nitrogens with one attached hydrogen (secondary N) is 1. The van der Waals surface area contributed by atoms with E-state index in [1.807, 2.05) is 0 Å². The lowest BCUT2D eigenvalue weighted by Crippen LogP contribution is -2.20. The Morgan fingerprint density at radius 2 is 2.28 bits per heavy atom. The van der Waals surface area contributed by atoms with Crippen LogP contribution >= 0.6 is 0 Å². The summed E-state index contributed by atoms with van der Waals surface area (Å²) in [5.74, 6) is 4.99. The Morgan fingerprint density at radius 1 is 1.56 bits per heavy atom. The largest absolute Gasteiger partial charge is 0.504 e. The van der Waals surface area contributed by atoms with Crippen LogP contribution in [-0.4, -0.2) is 36.2 Å². The quantitative estimate of drug-likeness (QED) is 0.544. The van der Waals surface area contributed by atoms with Crippen molar-refractivity contribution in [1.29, 1.82) is 0 Å². The van der Waals surface area contributed by atoms with Crippen LogP contribution in [0.5, 0.6) is 11.5 Å². The Kier molecular flexibility index (Phi) is 4.58. The number of aldehydes is 1. The molecule has 0 aliphatic rings. The van der Waals surface area contributed by atoms with Gasteiger partial charge in [-0.1, -0.05) is 11.8 Å². The highest BCUT2D eigenvalue weighted by Gasteiger charge is 2.10. The van der Waals surface area contributed by atoms with Crippen LogP contribution in [0.3, 0.4) is 0 Å². The summed E-state index contributed by atoms with van der Waals surface area (Å²) in [7, 11) is 1.37. The first-order valence-electron chi connectivity index (χ1n) is 4.91. The van der Waals surface area contributed by atoms with Crippen LogP contribution < -0.4 is 10.1 Å². The van der Waals surface area contributed by atoms with Crippen molar-refractivity contribution < 1.29 is 24.5 Å². The molecule has 6 heteroatoms. The summed E-state index contributed by atoms with van der Waals surface area (Å²) in [6, 6.07) is 2.98. The molecular formula is C12H11NO5. The van der Waals surface area contributed by atoms with Crippen molar-refractivity contribution in [3.8, 4) is 23.3 Å². The summed E-state index contributed by atoms with van der Waals surface area (Å²) in [6.07, 6.45) is -0.718. The Morgan fingerprint density at radius 3 is 2.83 bits per heavy atom. The SMILES string of the molecule is COc1ccc(C#CCNC(=O)O)c(C=O)c1O. The molecule has 6 nitrogen and oxygen atoms in total. The van der Waals surface area contributed by atoms with Gasteiger partial charge in [0.1, 0.15) is 0 Å². The first-order chi connectivity index (χ1) is 8.60. The minimum Gasteiger partial charge on any atom is -0.504 e. The molecule has 0 saturated carbocycles. The summed E-state index contributed by atoms with van der Waals surface area (Å²) in [6.45, 7) is -0.0690. The summed E-state index contributed by atoms with van der Waals surface area (Å²) in [5.41, 5.74) is 0.313. The number of hydrogen-bond donors (Lipinski definition) is 3. The van der Waals surface area contributed by atoms with Gasteiger partial charge in [-0.05, 0) is 12.1 Å². The van der Waals surface area contributed by atoms with Crippen molar-refractivity contribution >= 4 is 12.4 Å². The van der Waals surface area contributed by atoms with Crippen molar-refractivity contribution in [2.45, 2.75) is 0 Å². The molecule has 94 valence electrons. The summed E-state index contributed by atoms with van der Waals surface area (Å²) >= 11 is 0. The zero-order valence-electron chi connectivity index (χ0n) is 9.56. The second kappa shape index (κ2) is 6.15. The molecule has 0 radical (unpaired) electrons. The molecule has 0 unspecified atom stereocenters. The molecule has 0 bridgehead atoms. The average molecular weight is 249 g/mol. The minimum absolute atomic E-state index is 0.0113. The number of ether oxygens (including phenoxy) is 1. The van der Waals surface area contributed by atoms with Gasteiger partial charge in [-0.15, -0.1) is 0 Å². The molecule has 1 aromatic carbocycles. The third kappa shape index (κ3) is 3.15. The average Bonchev–Trinajstić information content (AvgIpc) is 2.34. The highest BCUT2D eigenvalue weighted by atomic mass is 16.5. The molecule has 0 spiro atoms. The van der Waals surface area contributed by atoms with Gasteiger partial charge in [0, 0.05) is 5.56 Å². The van der Waals surface area contributed by atoms with E-state index in [0.29, 0.717) is 11.8 Å². The van der Waals surface area contributed by atoms with Crippen LogP contribution in [0, 0.1) is 11.8 Å². The molecule has 0 aliphatic heterocycles. The second-order valence-electron chi connectivity index (χ2n) is 3.16. The van der Waals surface area contributed by atoms with Crippen molar-refractivity contribution in [2.24, 2.45) is 0 Å². The first-order valence-corrected chi connectivity index (χ1v) is 4.91. The lowest BCUT2D eigenvalue weighted by Gasteiger charge is -2.06. The normalized spacial score (nSPS) is 8.94. The van der Waals surface area contributed by atoms with Gasteiger partial charge in [-0.2, -0.15) is 0 Å². The highest BCUT2D eigenvalue weighted by molar-refractivity contribution is 5.85. The first kappa shape index (κ1) is 13.4. The number of phenols is 1. The molecule has 1 rings (SSSR count). The van der Waals surface area contributed by atoms with Crippen LogP contribution in [0.1, 0.15) is 15.9 Å². The smallest absolute Gasteiger partial charge is 0.405 e. The number of methoxy groups -OCH3 is 1. The Hall–Kier alpha value is -2.68. The van der Waals surface area contributed by atoms with Gasteiger partial charge in [0.15, 0.2) is 17.8 Å². The van der Waals surface area contributed by atoms with E-state index in [4.69, 9.17) is 9.84 Å². The van der Waals surface area contributed by atoms with Crippen LogP contribution in [0.2, 0.25) is 0 Å². The highest BCUT2D eigenvalue weighted by Crippen LogP contribution is 2.30. The molecule has 0 heterocycles. The molecule has 18 heavy (non-hydrogen) atoms. The number of hydrogen-bond acceptors (Lipinski definition) is 4. The maximum atomic E-state index is 10.9. The van der Waals surface area contributed by atoms with Crippen molar-refractivity contribution in [1.82, 2.24) is 5.32 Å². The summed E-state index contributed by atoms with van der Waals surface area (Å²) in [5, 5.41) is 20.1. The third-order valence-corrected chi connectivity index (χ3v) is 2.07. The van der Waals surface area contributed by atoms with Gasteiger partial charge in [0.05, 0.1) is 19.2 Å². The van der Waals surface area contributed by atoms with E-state index in [9.17, 15) is 14.7 Å². The van der Waals surface area contributed by atoms with E-state index >= 15 is 0 Å². The third-order valence-electron chi connectivity index (χ3n) is 2.07. The maximum Gasteiger partial charge on any atom is 0.405 e. The van der Waals surface area contributed by atoms with Crippen LogP contribution in [0.4, 0.5) is 4.79 Å². The van der Waals surface area contributed by atoms with E-state index in [1.54, 1.807) is 0 Å². The number of carbonyl (C=O) groups is 2. The molecule has 1 aromatic rings. The number of carbonyl (C=O) groups excluding carboxylic acids is 1. The van der Waals surface area contributed by atoms with Crippen LogP contribution in [0.15, 0.2) is 12.1 Å². The zero-order valence-corrected chi connectivity index (χ0v) is 9.56. The molecule has 1 amide bonds. The number of aromatic hydroxyl groups is 1. The van der Waals surface area contributed by atoms with Gasteiger partial charge in [-0.3, -0.25) is 4.79 Å². The van der Waals surface area contributed by atoms with Gasteiger partial charge in [0.25, 0.3) is 0 Å². The van der Waals surface area contributed by atoms with Gasteiger partial charge in [-0.25, -0.2) is 4.79 Å². The van der Waals surface area contributed by atoms with E-state index in [1.165, 1.54) is 19.2 Å². The molecular weight excluding hydrogens is 238 g/mol. The van der Waals surface area contributed by atoms with Crippen LogP contribution in [0.25, 0.3) is 0 Å². The Labute approximate surface area is 103 Å². The number of carboxylic acid groups (broad SMARTS) is 1. The van der Waals surface area contributed by atoms with E-state index < -0.39 is 6.09 Å². The van der Waals surface area contributed by atoms with Gasteiger partial charge in [0.2, 0.25) is 0 Å². The van der Waals surface area contributed by atoms with Crippen LogP contribution in [-0.2, 0) is 0 Å². The molecule has 3 N–H and O–H groups in total. The Bertz CT molecular complexity index is 527. The standard InChI is InChI=1S/C12H11NO5/c1-18-10-5-4-8(9(7-14)11(10)15)3-2-6-13-12(16)17/h4-5,7,13,15H,6H2,1H3,(H,16,17). The van der Waals surface area contributed by atoms with Crippen molar-refractivity contribution in [3.63, 3.8) is 0 Å². The van der Waals surface area contributed by atoms with E-state index in [2.05, 4.69) is 17.2 Å². The molecule has 0 fully saturated rings. The monoisotopic (exact) mass is 249 g/mol. The fourth-order valence-electron chi connectivity index (χ4n) is 1.24. The van der Waals surface area contributed by atoms with Crippen molar-refractivity contribution in [3.05, 3.63) is 23.3 Å². The molecule has 0 aromatic heterocycles. The van der Waals surface area contributed by atoms with E-state index in [-0.39, 0.29) is 23.6 Å². The molecule has 0 atom stereocenters. The minimum atomic E-state index is -1.18. The Balaban J connectivity index is 2.99. The molecule has 0 aliphatic carbocycles. The second-order valence-corrected chi connectivity index (χ2v) is 3.16. The lowest BCUT2D eigenvalue weighted by molar-refractivity contribution is 0.112. The number of benzene rings is 1. The summed E-state index contributed by atoms with van der Waals surface area (Å²) in [4.78, 5) is 21.0. The number of amides is 1. The maximum absolute atomic E-state index is 10.9. The van der Waals surface area contributed by atoms with E-state index in [0.717, 1.165) is 0 Å².